The van der Waals surface area contributed by atoms with E-state index >= 15 is 0 Å². The van der Waals surface area contributed by atoms with E-state index in [1.807, 2.05) is 0 Å². The number of Topliss-reactive ketones (excluding diaryl/α,β-unsaturated/α-hetero) is 1. The third-order valence-corrected chi connectivity index (χ3v) is 5.13. The average molecular weight is 237 g/mol. The Hall–Kier alpha value is -0.370. The summed E-state index contributed by atoms with van der Waals surface area (Å²) < 4.78 is 0. The number of ketones is 1. The predicted octanol–water partition coefficient (Wildman–Crippen LogP) is 3.25. The maximum atomic E-state index is 12.5. The minimum absolute atomic E-state index is 0.323. The van der Waals surface area contributed by atoms with E-state index in [2.05, 4.69) is 25.8 Å². The van der Waals surface area contributed by atoms with Crippen LogP contribution >= 0.6 is 0 Å². The van der Waals surface area contributed by atoms with Crippen LogP contribution in [-0.2, 0) is 4.79 Å². The Bertz CT molecular complexity index is 258. The molecule has 2 fully saturated rings. The van der Waals surface area contributed by atoms with Crippen LogP contribution in [0.5, 0.6) is 0 Å². The van der Waals surface area contributed by atoms with Gasteiger partial charge in [0.15, 0.2) is 0 Å². The van der Waals surface area contributed by atoms with Gasteiger partial charge in [-0.3, -0.25) is 4.79 Å². The van der Waals surface area contributed by atoms with Gasteiger partial charge in [0.2, 0.25) is 0 Å². The summed E-state index contributed by atoms with van der Waals surface area (Å²) in [6, 6.07) is 1.37. The Morgan fingerprint density at radius 2 is 1.71 bits per heavy atom. The third-order valence-electron chi connectivity index (χ3n) is 5.13. The van der Waals surface area contributed by atoms with Gasteiger partial charge in [0.25, 0.3) is 0 Å². The van der Waals surface area contributed by atoms with Gasteiger partial charge >= 0.3 is 0 Å². The molecule has 2 nitrogen and oxygen atoms in total. The Balaban J connectivity index is 2.01. The molecule has 0 aliphatic carbocycles. The minimum atomic E-state index is 0.323. The number of piperidine rings is 2. The summed E-state index contributed by atoms with van der Waals surface area (Å²) in [7, 11) is 2.26. The van der Waals surface area contributed by atoms with E-state index in [1.54, 1.807) is 0 Å². The second-order valence-corrected chi connectivity index (χ2v) is 5.99. The molecule has 0 aromatic heterocycles. The zero-order chi connectivity index (χ0) is 12.4. The van der Waals surface area contributed by atoms with E-state index in [1.165, 1.54) is 19.3 Å². The number of fused-ring (bicyclic) bond motifs is 2. The molecule has 2 aliphatic heterocycles. The molecule has 98 valence electrons. The van der Waals surface area contributed by atoms with Gasteiger partial charge in [-0.1, -0.05) is 20.3 Å². The third kappa shape index (κ3) is 2.57. The van der Waals surface area contributed by atoms with Gasteiger partial charge in [-0.25, -0.2) is 0 Å². The van der Waals surface area contributed by atoms with Crippen molar-refractivity contribution < 1.29 is 4.79 Å². The molecule has 2 rings (SSSR count). The normalized spacial score (nSPS) is 34.0. The molecule has 0 aromatic carbocycles. The molecule has 2 heteroatoms. The van der Waals surface area contributed by atoms with Crippen LogP contribution in [-0.4, -0.2) is 29.8 Å². The van der Waals surface area contributed by atoms with Crippen molar-refractivity contribution in [3.63, 3.8) is 0 Å². The van der Waals surface area contributed by atoms with Gasteiger partial charge in [0, 0.05) is 23.9 Å². The Morgan fingerprint density at radius 3 is 2.18 bits per heavy atom. The number of hydrogen-bond donors (Lipinski definition) is 0. The van der Waals surface area contributed by atoms with Crippen molar-refractivity contribution in [1.29, 1.82) is 0 Å². The molecule has 2 bridgehead atoms. The van der Waals surface area contributed by atoms with E-state index in [9.17, 15) is 4.79 Å². The molecule has 17 heavy (non-hydrogen) atoms. The van der Waals surface area contributed by atoms with Crippen LogP contribution in [0.15, 0.2) is 0 Å². The van der Waals surface area contributed by atoms with Crippen molar-refractivity contribution in [1.82, 2.24) is 4.90 Å². The van der Waals surface area contributed by atoms with Gasteiger partial charge in [-0.05, 0) is 45.6 Å². The number of nitrogens with zero attached hydrogens (tertiary/aromatic N) is 1. The molecular formula is C15H27NO. The quantitative estimate of drug-likeness (QED) is 0.748. The van der Waals surface area contributed by atoms with Crippen molar-refractivity contribution in [2.45, 2.75) is 70.9 Å². The highest BCUT2D eigenvalue weighted by Crippen LogP contribution is 2.37. The van der Waals surface area contributed by atoms with Crippen LogP contribution in [0.2, 0.25) is 0 Å². The smallest absolute Gasteiger partial charge is 0.139 e. The SMILES string of the molecule is CCC(CC)C(=O)C1CC2CCCC(C1)N2C. The lowest BCUT2D eigenvalue weighted by molar-refractivity contribution is -0.130. The highest BCUT2D eigenvalue weighted by Gasteiger charge is 2.39. The summed E-state index contributed by atoms with van der Waals surface area (Å²) >= 11 is 0. The zero-order valence-electron chi connectivity index (χ0n) is 11.6. The molecule has 0 N–H and O–H groups in total. The topological polar surface area (TPSA) is 20.3 Å². The molecule has 0 radical (unpaired) electrons. The monoisotopic (exact) mass is 237 g/mol. The molecule has 0 amide bonds. The van der Waals surface area contributed by atoms with E-state index in [0.717, 1.165) is 25.7 Å². The Kier molecular flexibility index (Phi) is 4.24. The fourth-order valence-corrected chi connectivity index (χ4v) is 3.87. The highest BCUT2D eigenvalue weighted by atomic mass is 16.1. The van der Waals surface area contributed by atoms with Crippen LogP contribution < -0.4 is 0 Å². The van der Waals surface area contributed by atoms with Gasteiger partial charge in [-0.15, -0.1) is 0 Å². The number of hydrogen-bond acceptors (Lipinski definition) is 2. The lowest BCUT2D eigenvalue weighted by atomic mass is 9.74. The van der Waals surface area contributed by atoms with Crippen LogP contribution in [0.4, 0.5) is 0 Å². The maximum Gasteiger partial charge on any atom is 0.139 e. The summed E-state index contributed by atoms with van der Waals surface area (Å²) in [6.45, 7) is 4.31. The summed E-state index contributed by atoms with van der Waals surface area (Å²) in [6.07, 6.45) is 8.28. The molecular weight excluding hydrogens is 210 g/mol. The maximum absolute atomic E-state index is 12.5. The first-order valence-corrected chi connectivity index (χ1v) is 7.43. The standard InChI is InChI=1S/C15H27NO/c1-4-11(5-2)15(17)12-9-13-7-6-8-14(10-12)16(13)3/h11-14H,4-10H2,1-3H3. The van der Waals surface area contributed by atoms with E-state index in [4.69, 9.17) is 0 Å². The highest BCUT2D eigenvalue weighted by molar-refractivity contribution is 5.83. The second kappa shape index (κ2) is 5.51. The van der Waals surface area contributed by atoms with Crippen molar-refractivity contribution in [2.24, 2.45) is 11.8 Å². The molecule has 0 aromatic rings. The summed E-state index contributed by atoms with van der Waals surface area (Å²) in [5.41, 5.74) is 0. The number of carbonyl (C=O) groups excluding carboxylic acids is 1. The summed E-state index contributed by atoms with van der Waals surface area (Å²) in [5, 5.41) is 0. The predicted molar refractivity (Wildman–Crippen MR) is 71.0 cm³/mol. The van der Waals surface area contributed by atoms with Gasteiger partial charge in [-0.2, -0.15) is 0 Å². The summed E-state index contributed by atoms with van der Waals surface area (Å²) in [4.78, 5) is 15.0. The van der Waals surface area contributed by atoms with E-state index < -0.39 is 0 Å². The molecule has 2 saturated heterocycles. The van der Waals surface area contributed by atoms with E-state index in [-0.39, 0.29) is 0 Å². The molecule has 2 unspecified atom stereocenters. The van der Waals surface area contributed by atoms with Crippen LogP contribution in [0, 0.1) is 11.8 Å². The molecule has 2 aliphatic rings. The largest absolute Gasteiger partial charge is 0.300 e. The van der Waals surface area contributed by atoms with E-state index in [0.29, 0.717) is 29.7 Å². The lowest BCUT2D eigenvalue weighted by Crippen LogP contribution is -2.51. The first-order chi connectivity index (χ1) is 8.17. The van der Waals surface area contributed by atoms with Gasteiger partial charge < -0.3 is 4.90 Å². The van der Waals surface area contributed by atoms with Gasteiger partial charge in [0.1, 0.15) is 5.78 Å². The van der Waals surface area contributed by atoms with Gasteiger partial charge in [0.05, 0.1) is 0 Å². The summed E-state index contributed by atoms with van der Waals surface area (Å²) in [5.74, 6) is 1.26. The first-order valence-electron chi connectivity index (χ1n) is 7.43. The molecule has 2 heterocycles. The zero-order valence-corrected chi connectivity index (χ0v) is 11.6. The van der Waals surface area contributed by atoms with Crippen molar-refractivity contribution in [3.05, 3.63) is 0 Å². The lowest BCUT2D eigenvalue weighted by Gasteiger charge is -2.47. The van der Waals surface area contributed by atoms with Crippen molar-refractivity contribution in [2.75, 3.05) is 7.05 Å². The van der Waals surface area contributed by atoms with Crippen LogP contribution in [0.3, 0.4) is 0 Å². The molecule has 0 saturated carbocycles. The average Bonchev–Trinajstić information content (AvgIpc) is 2.30. The Labute approximate surface area is 106 Å². The second-order valence-electron chi connectivity index (χ2n) is 5.99. The number of rotatable bonds is 4. The Morgan fingerprint density at radius 1 is 1.18 bits per heavy atom. The van der Waals surface area contributed by atoms with Crippen LogP contribution in [0.1, 0.15) is 58.8 Å². The van der Waals surface area contributed by atoms with Crippen molar-refractivity contribution >= 4 is 5.78 Å². The van der Waals surface area contributed by atoms with Crippen LogP contribution in [0.25, 0.3) is 0 Å². The first kappa shape index (κ1) is 13.1. The fourth-order valence-electron chi connectivity index (χ4n) is 3.87. The number of carbonyl (C=O) groups is 1. The molecule has 0 spiro atoms. The van der Waals surface area contributed by atoms with Crippen molar-refractivity contribution in [3.8, 4) is 0 Å². The minimum Gasteiger partial charge on any atom is -0.300 e. The molecule has 2 atom stereocenters. The fraction of sp³-hybridized carbons (Fsp3) is 0.933.